The Kier molecular flexibility index (Phi) is 45.9. The van der Waals surface area contributed by atoms with E-state index in [9.17, 15) is 14.4 Å². The van der Waals surface area contributed by atoms with E-state index in [4.69, 9.17) is 14.2 Å². The van der Waals surface area contributed by atoms with Gasteiger partial charge >= 0.3 is 17.9 Å². The first-order valence-corrected chi connectivity index (χ1v) is 25.1. The predicted octanol–water partition coefficient (Wildman–Crippen LogP) is 16.3. The fourth-order valence-electron chi connectivity index (χ4n) is 7.08. The van der Waals surface area contributed by atoms with E-state index in [2.05, 4.69) is 69.4 Å². The molecule has 0 N–H and O–H groups in total. The van der Waals surface area contributed by atoms with E-state index in [-0.39, 0.29) is 31.1 Å². The summed E-state index contributed by atoms with van der Waals surface area (Å²) in [5, 5.41) is 0. The van der Waals surface area contributed by atoms with Gasteiger partial charge in [0.05, 0.1) is 0 Å². The molecule has 0 aromatic rings. The normalized spacial score (nSPS) is 12.4. The lowest BCUT2D eigenvalue weighted by molar-refractivity contribution is -0.167. The highest BCUT2D eigenvalue weighted by Gasteiger charge is 2.19. The van der Waals surface area contributed by atoms with Gasteiger partial charge in [-0.3, -0.25) is 14.4 Å². The molecule has 0 bridgehead atoms. The molecule has 342 valence electrons. The zero-order chi connectivity index (χ0) is 43.0. The van der Waals surface area contributed by atoms with Gasteiger partial charge in [0.25, 0.3) is 0 Å². The van der Waals surface area contributed by atoms with Crippen LogP contribution in [0, 0.1) is 0 Å². The molecule has 0 saturated carbocycles. The first-order valence-electron chi connectivity index (χ1n) is 25.1. The van der Waals surface area contributed by atoms with Crippen LogP contribution in [-0.4, -0.2) is 37.2 Å². The summed E-state index contributed by atoms with van der Waals surface area (Å²) in [6.45, 7) is 6.51. The molecule has 0 spiro atoms. The van der Waals surface area contributed by atoms with Crippen LogP contribution in [-0.2, 0) is 28.6 Å². The maximum absolute atomic E-state index is 12.7. The molecule has 0 aromatic carbocycles. The molecule has 6 nitrogen and oxygen atoms in total. The number of rotatable bonds is 45. The van der Waals surface area contributed by atoms with Crippen LogP contribution < -0.4 is 0 Å². The second-order valence-corrected chi connectivity index (χ2v) is 16.7. The SMILES string of the molecule is CC/C=C\C/C=C\C/C=C\C/C=C\CCCCCCCCC(=O)OCC(COC(=O)CCCCCCCCCCCCC)OC(=O)CCCCCCCCCCCCC. The molecule has 0 radical (unpaired) electrons. The molecule has 0 amide bonds. The first kappa shape index (κ1) is 56.4. The van der Waals surface area contributed by atoms with Crippen LogP contribution in [0.1, 0.15) is 252 Å². The van der Waals surface area contributed by atoms with Crippen LogP contribution in [0.4, 0.5) is 0 Å². The molecule has 0 heterocycles. The van der Waals surface area contributed by atoms with Crippen LogP contribution >= 0.6 is 0 Å². The van der Waals surface area contributed by atoms with Crippen molar-refractivity contribution in [2.24, 2.45) is 0 Å². The van der Waals surface area contributed by atoms with E-state index >= 15 is 0 Å². The molecule has 0 aliphatic carbocycles. The molecule has 0 fully saturated rings. The van der Waals surface area contributed by atoms with Gasteiger partial charge in [0.15, 0.2) is 6.10 Å². The van der Waals surface area contributed by atoms with Crippen LogP contribution in [0.5, 0.6) is 0 Å². The maximum atomic E-state index is 12.7. The Morgan fingerprint density at radius 3 is 1.03 bits per heavy atom. The molecule has 0 saturated heterocycles. The summed E-state index contributed by atoms with van der Waals surface area (Å²) in [7, 11) is 0. The Balaban J connectivity index is 4.33. The van der Waals surface area contributed by atoms with Gasteiger partial charge < -0.3 is 14.2 Å². The Morgan fingerprint density at radius 2 is 0.661 bits per heavy atom. The number of hydrogen-bond acceptors (Lipinski definition) is 6. The van der Waals surface area contributed by atoms with Crippen molar-refractivity contribution in [3.05, 3.63) is 48.6 Å². The zero-order valence-electron chi connectivity index (χ0n) is 39.0. The van der Waals surface area contributed by atoms with Crippen molar-refractivity contribution in [3.8, 4) is 0 Å². The Hall–Kier alpha value is -2.63. The van der Waals surface area contributed by atoms with Crippen molar-refractivity contribution < 1.29 is 28.6 Å². The number of esters is 3. The zero-order valence-corrected chi connectivity index (χ0v) is 39.0. The topological polar surface area (TPSA) is 78.9 Å². The van der Waals surface area contributed by atoms with Crippen molar-refractivity contribution >= 4 is 17.9 Å². The van der Waals surface area contributed by atoms with Gasteiger partial charge in [0, 0.05) is 19.3 Å². The van der Waals surface area contributed by atoms with E-state index in [1.54, 1.807) is 0 Å². The quantitative estimate of drug-likeness (QED) is 0.0263. The molecule has 59 heavy (non-hydrogen) atoms. The number of ether oxygens (including phenoxy) is 3. The van der Waals surface area contributed by atoms with Gasteiger partial charge in [-0.25, -0.2) is 0 Å². The number of carbonyl (C=O) groups is 3. The van der Waals surface area contributed by atoms with Crippen LogP contribution in [0.3, 0.4) is 0 Å². The molecule has 0 aliphatic rings. The summed E-state index contributed by atoms with van der Waals surface area (Å²) < 4.78 is 16.8. The molecule has 0 aliphatic heterocycles. The summed E-state index contributed by atoms with van der Waals surface area (Å²) >= 11 is 0. The van der Waals surface area contributed by atoms with Crippen LogP contribution in [0.15, 0.2) is 48.6 Å². The third kappa shape index (κ3) is 46.3. The molecule has 0 rings (SSSR count). The second-order valence-electron chi connectivity index (χ2n) is 16.7. The summed E-state index contributed by atoms with van der Waals surface area (Å²) in [5.41, 5.74) is 0. The average Bonchev–Trinajstić information content (AvgIpc) is 3.23. The minimum absolute atomic E-state index is 0.0744. The van der Waals surface area contributed by atoms with Crippen molar-refractivity contribution in [2.75, 3.05) is 13.2 Å². The summed E-state index contributed by atoms with van der Waals surface area (Å²) in [5.74, 6) is -0.884. The van der Waals surface area contributed by atoms with E-state index in [1.165, 1.54) is 122 Å². The molecule has 1 unspecified atom stereocenters. The Labute approximate surface area is 365 Å². The van der Waals surface area contributed by atoms with Gasteiger partial charge in [-0.2, -0.15) is 0 Å². The lowest BCUT2D eigenvalue weighted by Crippen LogP contribution is -2.30. The summed E-state index contributed by atoms with van der Waals surface area (Å²) in [6.07, 6.45) is 56.6. The van der Waals surface area contributed by atoms with Crippen molar-refractivity contribution in [2.45, 2.75) is 258 Å². The monoisotopic (exact) mass is 827 g/mol. The van der Waals surface area contributed by atoms with Crippen LogP contribution in [0.25, 0.3) is 0 Å². The number of unbranched alkanes of at least 4 members (excludes halogenated alkanes) is 26. The Bertz CT molecular complexity index is 1040. The van der Waals surface area contributed by atoms with E-state index in [0.29, 0.717) is 19.3 Å². The second kappa shape index (κ2) is 48.0. The van der Waals surface area contributed by atoms with Crippen LogP contribution in [0.2, 0.25) is 0 Å². The van der Waals surface area contributed by atoms with Gasteiger partial charge in [-0.1, -0.05) is 223 Å². The summed E-state index contributed by atoms with van der Waals surface area (Å²) in [4.78, 5) is 37.8. The maximum Gasteiger partial charge on any atom is 0.306 e. The minimum atomic E-state index is -0.773. The molecule has 0 aromatic heterocycles. The van der Waals surface area contributed by atoms with Crippen molar-refractivity contribution in [1.82, 2.24) is 0 Å². The Morgan fingerprint density at radius 1 is 0.356 bits per heavy atom. The fraction of sp³-hybridized carbons (Fsp3) is 0.792. The lowest BCUT2D eigenvalue weighted by atomic mass is 10.1. The lowest BCUT2D eigenvalue weighted by Gasteiger charge is -2.18. The van der Waals surface area contributed by atoms with Gasteiger partial charge in [-0.15, -0.1) is 0 Å². The van der Waals surface area contributed by atoms with E-state index in [1.807, 2.05) is 0 Å². The fourth-order valence-corrected chi connectivity index (χ4v) is 7.08. The third-order valence-corrected chi connectivity index (χ3v) is 10.8. The standard InChI is InChI=1S/C53H94O6/c1-4-7-10-13-16-19-22-23-24-25-26-27-28-29-32-34-37-40-43-46-52(55)58-49-50(59-53(56)47-44-41-38-35-31-21-18-15-12-9-6-3)48-57-51(54)45-42-39-36-33-30-20-17-14-11-8-5-2/h7,10,16,19,23-24,26-27,50H,4-6,8-9,11-15,17-18,20-22,25,28-49H2,1-3H3/b10-7-,19-16-,24-23-,27-26-. The van der Waals surface area contributed by atoms with Crippen molar-refractivity contribution in [1.29, 1.82) is 0 Å². The number of carbonyl (C=O) groups excluding carboxylic acids is 3. The number of allylic oxidation sites excluding steroid dienone is 8. The van der Waals surface area contributed by atoms with E-state index < -0.39 is 6.10 Å². The minimum Gasteiger partial charge on any atom is -0.462 e. The highest BCUT2D eigenvalue weighted by molar-refractivity contribution is 5.71. The van der Waals surface area contributed by atoms with Gasteiger partial charge in [-0.05, 0) is 57.8 Å². The average molecular weight is 827 g/mol. The van der Waals surface area contributed by atoms with Crippen molar-refractivity contribution in [3.63, 3.8) is 0 Å². The first-order chi connectivity index (χ1) is 29.0. The van der Waals surface area contributed by atoms with Gasteiger partial charge in [0.2, 0.25) is 0 Å². The number of hydrogen-bond donors (Lipinski definition) is 0. The third-order valence-electron chi connectivity index (χ3n) is 10.8. The van der Waals surface area contributed by atoms with Gasteiger partial charge in [0.1, 0.15) is 13.2 Å². The highest BCUT2D eigenvalue weighted by Crippen LogP contribution is 2.15. The molecule has 6 heteroatoms. The summed E-state index contributed by atoms with van der Waals surface area (Å²) in [6, 6.07) is 0. The largest absolute Gasteiger partial charge is 0.462 e. The molecular formula is C53H94O6. The molecule has 1 atom stereocenters. The predicted molar refractivity (Wildman–Crippen MR) is 252 cm³/mol. The smallest absolute Gasteiger partial charge is 0.306 e. The highest BCUT2D eigenvalue weighted by atomic mass is 16.6. The van der Waals surface area contributed by atoms with E-state index in [0.717, 1.165) is 89.9 Å². The molecular weight excluding hydrogens is 733 g/mol.